The molecule has 0 unspecified atom stereocenters. The zero-order valence-electron chi connectivity index (χ0n) is 14.5. The third kappa shape index (κ3) is 3.43. The first-order valence-electron chi connectivity index (χ1n) is 8.46. The van der Waals surface area contributed by atoms with Crippen molar-refractivity contribution >= 4 is 5.78 Å². The van der Waals surface area contributed by atoms with Gasteiger partial charge >= 0.3 is 0 Å². The Balaban J connectivity index is 2.40. The van der Waals surface area contributed by atoms with Gasteiger partial charge in [-0.1, -0.05) is 30.7 Å². The molecule has 0 radical (unpaired) electrons. The SMILES string of the molecule is C=C1CC/C=C(\C)CC[C@@H]2C(=C(C)C)C(=O)C[C@@]2(C)C[C@H]1O. The third-order valence-electron chi connectivity index (χ3n) is 5.51. The van der Waals surface area contributed by atoms with Gasteiger partial charge in [0, 0.05) is 6.42 Å². The summed E-state index contributed by atoms with van der Waals surface area (Å²) in [5.74, 6) is 0.540. The summed E-state index contributed by atoms with van der Waals surface area (Å²) in [6, 6.07) is 0. The van der Waals surface area contributed by atoms with E-state index in [1.165, 1.54) is 5.57 Å². The summed E-state index contributed by atoms with van der Waals surface area (Å²) in [4.78, 5) is 12.5. The van der Waals surface area contributed by atoms with Gasteiger partial charge in [0.05, 0.1) is 6.10 Å². The number of aliphatic hydroxyl groups excluding tert-OH is 1. The van der Waals surface area contributed by atoms with E-state index < -0.39 is 6.10 Å². The monoisotopic (exact) mass is 302 g/mol. The first-order valence-corrected chi connectivity index (χ1v) is 8.46. The molecular formula is C20H30O2. The molecule has 3 atom stereocenters. The Kier molecular flexibility index (Phi) is 5.11. The van der Waals surface area contributed by atoms with Crippen molar-refractivity contribution in [2.45, 2.75) is 72.3 Å². The molecule has 0 spiro atoms. The Morgan fingerprint density at radius 1 is 1.36 bits per heavy atom. The number of carbonyl (C=O) groups is 1. The average Bonchev–Trinajstić information content (AvgIpc) is 2.65. The molecule has 122 valence electrons. The maximum Gasteiger partial charge on any atom is 0.159 e. The molecule has 0 amide bonds. The van der Waals surface area contributed by atoms with E-state index >= 15 is 0 Å². The average molecular weight is 302 g/mol. The second-order valence-corrected chi connectivity index (χ2v) is 7.73. The van der Waals surface area contributed by atoms with Gasteiger partial charge in [-0.3, -0.25) is 4.79 Å². The van der Waals surface area contributed by atoms with Crippen molar-refractivity contribution in [3.63, 3.8) is 0 Å². The molecular weight excluding hydrogens is 272 g/mol. The van der Waals surface area contributed by atoms with Gasteiger partial charge < -0.3 is 5.11 Å². The van der Waals surface area contributed by atoms with E-state index in [2.05, 4.69) is 26.5 Å². The third-order valence-corrected chi connectivity index (χ3v) is 5.51. The van der Waals surface area contributed by atoms with Crippen LogP contribution >= 0.6 is 0 Å². The van der Waals surface area contributed by atoms with Crippen molar-refractivity contribution in [1.29, 1.82) is 0 Å². The van der Waals surface area contributed by atoms with Gasteiger partial charge in [0.25, 0.3) is 0 Å². The lowest BCUT2D eigenvalue weighted by atomic mass is 9.71. The first kappa shape index (κ1) is 17.2. The number of ketones is 1. The standard InChI is InChI=1S/C20H30O2/c1-13(2)19-16-10-9-14(3)7-6-8-15(4)17(21)11-20(16,5)12-18(19)22/h7,16-17,21H,4,6,8-12H2,1-3,5H3/b14-7+/t16-,17-,20-/m1/s1. The van der Waals surface area contributed by atoms with Crippen LogP contribution in [0.15, 0.2) is 34.9 Å². The van der Waals surface area contributed by atoms with Gasteiger partial charge in [-0.15, -0.1) is 0 Å². The summed E-state index contributed by atoms with van der Waals surface area (Å²) in [6.07, 6.45) is 6.81. The van der Waals surface area contributed by atoms with Gasteiger partial charge in [-0.25, -0.2) is 0 Å². The highest BCUT2D eigenvalue weighted by molar-refractivity contribution is 5.99. The number of hydrogen-bond donors (Lipinski definition) is 1. The zero-order valence-corrected chi connectivity index (χ0v) is 14.5. The predicted octanol–water partition coefficient (Wildman–Crippen LogP) is 4.75. The smallest absolute Gasteiger partial charge is 0.159 e. The van der Waals surface area contributed by atoms with Gasteiger partial charge in [0.2, 0.25) is 0 Å². The molecule has 2 aliphatic carbocycles. The molecule has 2 rings (SSSR count). The Morgan fingerprint density at radius 2 is 2.05 bits per heavy atom. The van der Waals surface area contributed by atoms with Crippen LogP contribution < -0.4 is 0 Å². The summed E-state index contributed by atoms with van der Waals surface area (Å²) < 4.78 is 0. The van der Waals surface area contributed by atoms with Crippen molar-refractivity contribution in [2.24, 2.45) is 11.3 Å². The van der Waals surface area contributed by atoms with Crippen LogP contribution in [-0.4, -0.2) is 17.0 Å². The minimum atomic E-state index is -0.497. The molecule has 0 aromatic heterocycles. The predicted molar refractivity (Wildman–Crippen MR) is 91.6 cm³/mol. The molecule has 0 aliphatic heterocycles. The number of aliphatic hydroxyl groups is 1. The van der Waals surface area contributed by atoms with Crippen LogP contribution in [0.3, 0.4) is 0 Å². The number of rotatable bonds is 0. The molecule has 0 heterocycles. The Bertz CT molecular complexity index is 534. The van der Waals surface area contributed by atoms with E-state index in [-0.39, 0.29) is 17.1 Å². The second-order valence-electron chi connectivity index (χ2n) is 7.73. The number of allylic oxidation sites excluding steroid dienone is 4. The summed E-state index contributed by atoms with van der Waals surface area (Å²) in [5.41, 5.74) is 4.32. The van der Waals surface area contributed by atoms with Crippen LogP contribution in [0, 0.1) is 11.3 Å². The van der Waals surface area contributed by atoms with Crippen LogP contribution in [-0.2, 0) is 4.79 Å². The van der Waals surface area contributed by atoms with Crippen LogP contribution in [0.5, 0.6) is 0 Å². The molecule has 0 bridgehead atoms. The highest BCUT2D eigenvalue weighted by Gasteiger charge is 2.47. The zero-order chi connectivity index (χ0) is 16.5. The minimum Gasteiger partial charge on any atom is -0.389 e. The van der Waals surface area contributed by atoms with Crippen LogP contribution in [0.25, 0.3) is 0 Å². The van der Waals surface area contributed by atoms with E-state index in [0.29, 0.717) is 12.8 Å². The fourth-order valence-corrected chi connectivity index (χ4v) is 4.19. The molecule has 1 N–H and O–H groups in total. The fourth-order valence-electron chi connectivity index (χ4n) is 4.19. The Morgan fingerprint density at radius 3 is 2.68 bits per heavy atom. The lowest BCUT2D eigenvalue weighted by Crippen LogP contribution is -2.29. The maximum absolute atomic E-state index is 12.5. The summed E-state index contributed by atoms with van der Waals surface area (Å²) in [6.45, 7) is 12.5. The normalized spacial score (nSPS) is 36.4. The van der Waals surface area contributed by atoms with Gasteiger partial charge in [0.15, 0.2) is 5.78 Å². The van der Waals surface area contributed by atoms with Gasteiger partial charge in [-0.05, 0) is 75.4 Å². The van der Waals surface area contributed by atoms with E-state index in [0.717, 1.165) is 42.4 Å². The Hall–Kier alpha value is -1.15. The van der Waals surface area contributed by atoms with E-state index in [4.69, 9.17) is 0 Å². The summed E-state index contributed by atoms with van der Waals surface area (Å²) in [7, 11) is 0. The Labute approximate surface area is 135 Å². The van der Waals surface area contributed by atoms with Crippen molar-refractivity contribution < 1.29 is 9.90 Å². The lowest BCUT2D eigenvalue weighted by Gasteiger charge is -2.34. The number of fused-ring (bicyclic) bond motifs is 1. The maximum atomic E-state index is 12.5. The summed E-state index contributed by atoms with van der Waals surface area (Å²) >= 11 is 0. The fraction of sp³-hybridized carbons (Fsp3) is 0.650. The second kappa shape index (κ2) is 6.54. The number of Topliss-reactive ketones (excluding diaryl/α,β-unsaturated/α-hetero) is 1. The van der Waals surface area contributed by atoms with Crippen LogP contribution in [0.4, 0.5) is 0 Å². The molecule has 1 saturated carbocycles. The molecule has 1 fully saturated rings. The molecule has 22 heavy (non-hydrogen) atoms. The van der Waals surface area contributed by atoms with Crippen molar-refractivity contribution in [1.82, 2.24) is 0 Å². The highest BCUT2D eigenvalue weighted by Crippen LogP contribution is 2.51. The molecule has 2 aliphatic rings. The molecule has 0 saturated heterocycles. The van der Waals surface area contributed by atoms with Crippen LogP contribution in [0.1, 0.15) is 66.2 Å². The van der Waals surface area contributed by atoms with Crippen molar-refractivity contribution in [3.05, 3.63) is 34.9 Å². The largest absolute Gasteiger partial charge is 0.389 e. The molecule has 0 aromatic rings. The lowest BCUT2D eigenvalue weighted by molar-refractivity contribution is -0.115. The van der Waals surface area contributed by atoms with E-state index in [9.17, 15) is 9.90 Å². The first-order chi connectivity index (χ1) is 10.2. The quantitative estimate of drug-likeness (QED) is 0.518. The molecule has 2 heteroatoms. The van der Waals surface area contributed by atoms with Crippen molar-refractivity contribution in [3.8, 4) is 0 Å². The van der Waals surface area contributed by atoms with Gasteiger partial charge in [-0.2, -0.15) is 0 Å². The van der Waals surface area contributed by atoms with E-state index in [1.54, 1.807) is 0 Å². The number of hydrogen-bond acceptors (Lipinski definition) is 2. The summed E-state index contributed by atoms with van der Waals surface area (Å²) in [5, 5.41) is 10.5. The minimum absolute atomic E-state index is 0.142. The van der Waals surface area contributed by atoms with Crippen molar-refractivity contribution in [2.75, 3.05) is 0 Å². The topological polar surface area (TPSA) is 37.3 Å². The molecule has 2 nitrogen and oxygen atoms in total. The molecule has 0 aromatic carbocycles. The van der Waals surface area contributed by atoms with E-state index in [1.807, 2.05) is 13.8 Å². The highest BCUT2D eigenvalue weighted by atomic mass is 16.3. The van der Waals surface area contributed by atoms with Crippen LogP contribution in [0.2, 0.25) is 0 Å². The number of carbonyl (C=O) groups excluding carboxylic acids is 1. The van der Waals surface area contributed by atoms with Gasteiger partial charge in [0.1, 0.15) is 0 Å².